The molecular weight excluding hydrogens is 231 g/mol. The van der Waals surface area contributed by atoms with Crippen LogP contribution in [0.1, 0.15) is 25.5 Å². The number of nitrogens with two attached hydrogens (primary N) is 1. The van der Waals surface area contributed by atoms with Crippen LogP contribution >= 0.6 is 0 Å². The van der Waals surface area contributed by atoms with Crippen molar-refractivity contribution in [3.8, 4) is 5.75 Å². The van der Waals surface area contributed by atoms with Crippen LogP contribution in [-0.2, 0) is 0 Å². The van der Waals surface area contributed by atoms with Crippen LogP contribution < -0.4 is 10.5 Å². The maximum absolute atomic E-state index is 14.0. The summed E-state index contributed by atoms with van der Waals surface area (Å²) in [5.41, 5.74) is 6.65. The van der Waals surface area contributed by atoms with Gasteiger partial charge in [0.1, 0.15) is 11.6 Å². The van der Waals surface area contributed by atoms with Crippen molar-refractivity contribution in [3.63, 3.8) is 0 Å². The standard InChI is InChI=1S/C14H21FN2O/c1-9-7-17(8-12(9)16)10(2)14-11(15)5-4-6-13(14)18-3/h4-6,9-10,12H,7-8,16H2,1-3H3. The predicted octanol–water partition coefficient (Wildman–Crippen LogP) is 2.17. The summed E-state index contributed by atoms with van der Waals surface area (Å²) in [4.78, 5) is 2.22. The van der Waals surface area contributed by atoms with Crippen LogP contribution in [0.2, 0.25) is 0 Å². The molecule has 0 amide bonds. The first-order valence-corrected chi connectivity index (χ1v) is 6.36. The third kappa shape index (κ3) is 2.35. The van der Waals surface area contributed by atoms with Gasteiger partial charge in [-0.05, 0) is 25.0 Å². The van der Waals surface area contributed by atoms with Gasteiger partial charge in [-0.15, -0.1) is 0 Å². The molecule has 3 unspecified atom stereocenters. The highest BCUT2D eigenvalue weighted by Gasteiger charge is 2.32. The summed E-state index contributed by atoms with van der Waals surface area (Å²) in [6, 6.07) is 5.10. The first-order valence-electron chi connectivity index (χ1n) is 6.36. The Hall–Kier alpha value is -1.13. The van der Waals surface area contributed by atoms with Crippen molar-refractivity contribution in [2.75, 3.05) is 20.2 Å². The van der Waals surface area contributed by atoms with Gasteiger partial charge >= 0.3 is 0 Å². The van der Waals surface area contributed by atoms with Crippen LogP contribution in [0.5, 0.6) is 5.75 Å². The Morgan fingerprint density at radius 3 is 2.72 bits per heavy atom. The molecule has 0 aromatic heterocycles. The van der Waals surface area contributed by atoms with Gasteiger partial charge in [-0.3, -0.25) is 4.90 Å². The monoisotopic (exact) mass is 252 g/mol. The van der Waals surface area contributed by atoms with Gasteiger partial charge in [0.25, 0.3) is 0 Å². The molecule has 1 heterocycles. The SMILES string of the molecule is COc1cccc(F)c1C(C)N1CC(C)C(N)C1. The molecule has 4 heteroatoms. The molecule has 0 bridgehead atoms. The highest BCUT2D eigenvalue weighted by Crippen LogP contribution is 2.34. The van der Waals surface area contributed by atoms with Crippen molar-refractivity contribution in [3.05, 3.63) is 29.6 Å². The van der Waals surface area contributed by atoms with E-state index >= 15 is 0 Å². The molecule has 3 nitrogen and oxygen atoms in total. The van der Waals surface area contributed by atoms with E-state index in [0.29, 0.717) is 17.2 Å². The molecule has 1 aromatic carbocycles. The lowest BCUT2D eigenvalue weighted by molar-refractivity contribution is 0.242. The number of likely N-dealkylation sites (tertiary alicyclic amines) is 1. The number of ether oxygens (including phenoxy) is 1. The third-order valence-corrected chi connectivity index (χ3v) is 3.90. The van der Waals surface area contributed by atoms with Gasteiger partial charge < -0.3 is 10.5 Å². The van der Waals surface area contributed by atoms with Crippen molar-refractivity contribution in [1.29, 1.82) is 0 Å². The van der Waals surface area contributed by atoms with Gasteiger partial charge in [0, 0.05) is 30.7 Å². The molecule has 2 rings (SSSR count). The van der Waals surface area contributed by atoms with E-state index in [1.165, 1.54) is 6.07 Å². The molecule has 1 aromatic rings. The van der Waals surface area contributed by atoms with Crippen molar-refractivity contribution >= 4 is 0 Å². The summed E-state index contributed by atoms with van der Waals surface area (Å²) in [5.74, 6) is 0.843. The van der Waals surface area contributed by atoms with E-state index in [2.05, 4.69) is 11.8 Å². The summed E-state index contributed by atoms with van der Waals surface area (Å²) in [5, 5.41) is 0. The Kier molecular flexibility index (Phi) is 3.88. The molecular formula is C14H21FN2O. The van der Waals surface area contributed by atoms with Gasteiger partial charge in [0.2, 0.25) is 0 Å². The average molecular weight is 252 g/mol. The predicted molar refractivity (Wildman–Crippen MR) is 70.1 cm³/mol. The normalized spacial score (nSPS) is 26.3. The van der Waals surface area contributed by atoms with E-state index in [9.17, 15) is 4.39 Å². The number of methoxy groups -OCH3 is 1. The van der Waals surface area contributed by atoms with E-state index in [1.54, 1.807) is 19.2 Å². The van der Waals surface area contributed by atoms with Crippen LogP contribution in [0.3, 0.4) is 0 Å². The Morgan fingerprint density at radius 1 is 1.44 bits per heavy atom. The van der Waals surface area contributed by atoms with Gasteiger partial charge in [-0.25, -0.2) is 4.39 Å². The molecule has 1 saturated heterocycles. The van der Waals surface area contributed by atoms with E-state index in [0.717, 1.165) is 13.1 Å². The van der Waals surface area contributed by atoms with E-state index in [-0.39, 0.29) is 17.9 Å². The molecule has 2 N–H and O–H groups in total. The van der Waals surface area contributed by atoms with Crippen molar-refractivity contribution in [2.24, 2.45) is 11.7 Å². The molecule has 3 atom stereocenters. The Morgan fingerprint density at radius 2 is 2.17 bits per heavy atom. The van der Waals surface area contributed by atoms with E-state index < -0.39 is 0 Å². The van der Waals surface area contributed by atoms with Gasteiger partial charge in [0.05, 0.1) is 7.11 Å². The van der Waals surface area contributed by atoms with Gasteiger partial charge in [-0.2, -0.15) is 0 Å². The molecule has 18 heavy (non-hydrogen) atoms. The molecule has 0 spiro atoms. The highest BCUT2D eigenvalue weighted by molar-refractivity contribution is 5.37. The quantitative estimate of drug-likeness (QED) is 0.896. The summed E-state index contributed by atoms with van der Waals surface area (Å²) in [6.07, 6.45) is 0. The number of hydrogen-bond donors (Lipinski definition) is 1. The van der Waals surface area contributed by atoms with E-state index in [4.69, 9.17) is 10.5 Å². The largest absolute Gasteiger partial charge is 0.496 e. The zero-order valence-electron chi connectivity index (χ0n) is 11.2. The first-order chi connectivity index (χ1) is 8.54. The number of rotatable bonds is 3. The Bertz CT molecular complexity index is 414. The number of benzene rings is 1. The minimum atomic E-state index is -0.213. The first kappa shape index (κ1) is 13.3. The van der Waals surface area contributed by atoms with Crippen molar-refractivity contribution in [1.82, 2.24) is 4.90 Å². The van der Waals surface area contributed by atoms with Crippen LogP contribution in [-0.4, -0.2) is 31.1 Å². The van der Waals surface area contributed by atoms with Crippen LogP contribution in [0.15, 0.2) is 18.2 Å². The minimum Gasteiger partial charge on any atom is -0.496 e. The maximum Gasteiger partial charge on any atom is 0.131 e. The third-order valence-electron chi connectivity index (χ3n) is 3.90. The second-order valence-corrected chi connectivity index (χ2v) is 5.13. The van der Waals surface area contributed by atoms with Gasteiger partial charge in [0.15, 0.2) is 0 Å². The summed E-state index contributed by atoms with van der Waals surface area (Å²) < 4.78 is 19.3. The van der Waals surface area contributed by atoms with Crippen molar-refractivity contribution in [2.45, 2.75) is 25.9 Å². The van der Waals surface area contributed by atoms with Crippen LogP contribution in [0.4, 0.5) is 4.39 Å². The lowest BCUT2D eigenvalue weighted by atomic mass is 10.1. The second-order valence-electron chi connectivity index (χ2n) is 5.13. The number of nitrogens with zero attached hydrogens (tertiary/aromatic N) is 1. The number of hydrogen-bond acceptors (Lipinski definition) is 3. The van der Waals surface area contributed by atoms with Crippen molar-refractivity contribution < 1.29 is 9.13 Å². The topological polar surface area (TPSA) is 38.5 Å². The fourth-order valence-corrected chi connectivity index (χ4v) is 2.63. The highest BCUT2D eigenvalue weighted by atomic mass is 19.1. The maximum atomic E-state index is 14.0. The Labute approximate surface area is 108 Å². The van der Waals surface area contributed by atoms with Gasteiger partial charge in [-0.1, -0.05) is 13.0 Å². The molecule has 1 aliphatic rings. The van der Waals surface area contributed by atoms with Crippen LogP contribution in [0.25, 0.3) is 0 Å². The fraction of sp³-hybridized carbons (Fsp3) is 0.571. The van der Waals surface area contributed by atoms with E-state index in [1.807, 2.05) is 6.92 Å². The summed E-state index contributed by atoms with van der Waals surface area (Å²) in [7, 11) is 1.57. The van der Waals surface area contributed by atoms with Crippen LogP contribution in [0, 0.1) is 11.7 Å². The molecule has 100 valence electrons. The number of halogens is 1. The molecule has 0 saturated carbocycles. The Balaban J connectivity index is 2.26. The smallest absolute Gasteiger partial charge is 0.131 e. The fourth-order valence-electron chi connectivity index (χ4n) is 2.63. The summed E-state index contributed by atoms with van der Waals surface area (Å²) >= 11 is 0. The molecule has 1 aliphatic heterocycles. The lowest BCUT2D eigenvalue weighted by Crippen LogP contribution is -2.30. The second kappa shape index (κ2) is 5.24. The minimum absolute atomic E-state index is 0.0165. The molecule has 0 radical (unpaired) electrons. The zero-order valence-corrected chi connectivity index (χ0v) is 11.2. The average Bonchev–Trinajstić information content (AvgIpc) is 2.68. The molecule has 0 aliphatic carbocycles. The zero-order chi connectivity index (χ0) is 13.3. The summed E-state index contributed by atoms with van der Waals surface area (Å²) in [6.45, 7) is 5.85. The lowest BCUT2D eigenvalue weighted by Gasteiger charge is -2.26. The molecule has 1 fully saturated rings.